The van der Waals surface area contributed by atoms with Gasteiger partial charge in [0.15, 0.2) is 11.5 Å². The summed E-state index contributed by atoms with van der Waals surface area (Å²) in [5.41, 5.74) is 9.24. The number of ketones is 1. The van der Waals surface area contributed by atoms with Gasteiger partial charge >= 0.3 is 6.18 Å². The number of benzene rings is 2. The third-order valence-electron chi connectivity index (χ3n) is 5.79. The zero-order valence-electron chi connectivity index (χ0n) is 19.2. The molecule has 2 heterocycles. The van der Waals surface area contributed by atoms with Gasteiger partial charge in [-0.3, -0.25) is 19.1 Å². The molecule has 4 N–H and O–H groups in total. The molecule has 2 amide bonds. The second-order valence-corrected chi connectivity index (χ2v) is 8.17. The van der Waals surface area contributed by atoms with Crippen LogP contribution in [0, 0.1) is 6.92 Å². The van der Waals surface area contributed by atoms with E-state index in [-0.39, 0.29) is 34.5 Å². The van der Waals surface area contributed by atoms with E-state index in [1.54, 1.807) is 36.4 Å². The van der Waals surface area contributed by atoms with Crippen LogP contribution < -0.4 is 11.5 Å². The topological polar surface area (TPSA) is 134 Å². The molecule has 8 nitrogen and oxygen atoms in total. The van der Waals surface area contributed by atoms with Crippen molar-refractivity contribution in [1.82, 2.24) is 14.8 Å². The van der Waals surface area contributed by atoms with E-state index in [2.05, 4.69) is 10.1 Å². The Morgan fingerprint density at radius 3 is 2.14 bits per heavy atom. The lowest BCUT2D eigenvalue weighted by Gasteiger charge is -2.16. The smallest absolute Gasteiger partial charge is 0.366 e. The molecular weight excluding hydrogens is 475 g/mol. The maximum atomic E-state index is 14.2. The third-order valence-corrected chi connectivity index (χ3v) is 5.79. The average molecular weight is 495 g/mol. The largest absolute Gasteiger partial charge is 0.435 e. The molecule has 0 bridgehead atoms. The van der Waals surface area contributed by atoms with Gasteiger partial charge in [0.05, 0.1) is 17.6 Å². The summed E-state index contributed by atoms with van der Waals surface area (Å²) in [4.78, 5) is 40.6. The van der Waals surface area contributed by atoms with E-state index in [0.29, 0.717) is 11.1 Å². The van der Waals surface area contributed by atoms with Gasteiger partial charge in [-0.05, 0) is 25.5 Å². The van der Waals surface area contributed by atoms with Crippen LogP contribution in [0.15, 0.2) is 48.5 Å². The fourth-order valence-corrected chi connectivity index (χ4v) is 4.11. The first-order chi connectivity index (χ1) is 16.9. The molecule has 4 rings (SSSR count). The molecule has 0 saturated carbocycles. The maximum absolute atomic E-state index is 14.2. The van der Waals surface area contributed by atoms with Gasteiger partial charge in [-0.1, -0.05) is 42.5 Å². The van der Waals surface area contributed by atoms with E-state index >= 15 is 0 Å². The molecular formula is C25H20F3N5O3. The van der Waals surface area contributed by atoms with Gasteiger partial charge in [-0.2, -0.15) is 18.3 Å². The fourth-order valence-electron chi connectivity index (χ4n) is 4.11. The summed E-state index contributed by atoms with van der Waals surface area (Å²) in [7, 11) is 0. The number of alkyl halides is 3. The van der Waals surface area contributed by atoms with Crippen LogP contribution in [0.5, 0.6) is 0 Å². The maximum Gasteiger partial charge on any atom is 0.435 e. The minimum absolute atomic E-state index is 0.0139. The predicted octanol–water partition coefficient (Wildman–Crippen LogP) is 3.87. The molecule has 0 aliphatic rings. The monoisotopic (exact) mass is 495 g/mol. The SMILES string of the molecule is CC(=O)c1ccc(Cn2nc(C(F)(F)F)c(-c3c(C(N)=O)nc4ccccc4c3C(N)=O)c2C)cc1. The van der Waals surface area contributed by atoms with Gasteiger partial charge in [0.1, 0.15) is 5.69 Å². The number of fused-ring (bicyclic) bond motifs is 1. The van der Waals surface area contributed by atoms with E-state index in [4.69, 9.17) is 11.5 Å². The molecule has 0 spiro atoms. The number of nitrogens with two attached hydrogens (primary N) is 2. The van der Waals surface area contributed by atoms with Crippen molar-refractivity contribution < 1.29 is 27.6 Å². The number of primary amides is 2. The molecule has 36 heavy (non-hydrogen) atoms. The van der Waals surface area contributed by atoms with Gasteiger partial charge in [0.2, 0.25) is 5.91 Å². The van der Waals surface area contributed by atoms with E-state index in [0.717, 1.165) is 4.68 Å². The van der Waals surface area contributed by atoms with Gasteiger partial charge in [-0.25, -0.2) is 4.98 Å². The predicted molar refractivity (Wildman–Crippen MR) is 125 cm³/mol. The van der Waals surface area contributed by atoms with E-state index in [9.17, 15) is 27.6 Å². The Bertz CT molecular complexity index is 1540. The van der Waals surface area contributed by atoms with Crippen molar-refractivity contribution in [3.8, 4) is 11.1 Å². The summed E-state index contributed by atoms with van der Waals surface area (Å²) >= 11 is 0. The standard InChI is InChI=1S/C25H20F3N5O3/c1-12-18(20-19(23(29)35)16-5-3-4-6-17(16)31-21(20)24(30)36)22(25(26,27)28)32-33(12)11-14-7-9-15(10-8-14)13(2)34/h3-10H,11H2,1-2H3,(H2,29,35)(H2,30,36). The third kappa shape index (κ3) is 4.30. The van der Waals surface area contributed by atoms with Crippen molar-refractivity contribution in [2.45, 2.75) is 26.6 Å². The first kappa shape index (κ1) is 24.6. The highest BCUT2D eigenvalue weighted by molar-refractivity contribution is 6.15. The number of carbonyl (C=O) groups is 3. The Labute approximate surface area is 202 Å². The molecule has 4 aromatic rings. The molecule has 0 fully saturated rings. The van der Waals surface area contributed by atoms with Crippen LogP contribution in [-0.4, -0.2) is 32.4 Å². The Hall–Kier alpha value is -4.54. The molecule has 0 atom stereocenters. The van der Waals surface area contributed by atoms with Crippen molar-refractivity contribution in [2.75, 3.05) is 0 Å². The molecule has 2 aromatic heterocycles. The lowest BCUT2D eigenvalue weighted by Crippen LogP contribution is -2.21. The molecule has 184 valence electrons. The van der Waals surface area contributed by atoms with Crippen molar-refractivity contribution in [3.63, 3.8) is 0 Å². The minimum atomic E-state index is -4.95. The number of hydrogen-bond acceptors (Lipinski definition) is 5. The zero-order chi connectivity index (χ0) is 26.4. The molecule has 2 aromatic carbocycles. The number of nitrogens with zero attached hydrogens (tertiary/aromatic N) is 3. The van der Waals surface area contributed by atoms with Crippen LogP contribution in [0.1, 0.15) is 55.1 Å². The van der Waals surface area contributed by atoms with Crippen molar-refractivity contribution in [3.05, 3.63) is 82.3 Å². The van der Waals surface area contributed by atoms with Crippen LogP contribution in [0.3, 0.4) is 0 Å². The minimum Gasteiger partial charge on any atom is -0.366 e. The molecule has 0 radical (unpaired) electrons. The van der Waals surface area contributed by atoms with Gasteiger partial charge in [0, 0.05) is 27.8 Å². The van der Waals surface area contributed by atoms with Crippen LogP contribution in [0.2, 0.25) is 0 Å². The first-order valence-corrected chi connectivity index (χ1v) is 10.7. The number of halogens is 3. The highest BCUT2D eigenvalue weighted by Gasteiger charge is 2.41. The number of rotatable bonds is 6. The van der Waals surface area contributed by atoms with Gasteiger partial charge < -0.3 is 11.5 Å². The van der Waals surface area contributed by atoms with Gasteiger partial charge in [-0.15, -0.1) is 0 Å². The summed E-state index contributed by atoms with van der Waals surface area (Å²) in [5.74, 6) is -2.33. The summed E-state index contributed by atoms with van der Waals surface area (Å²) in [6.07, 6.45) is -4.95. The van der Waals surface area contributed by atoms with Crippen LogP contribution in [-0.2, 0) is 12.7 Å². The molecule has 0 unspecified atom stereocenters. The van der Waals surface area contributed by atoms with Crippen LogP contribution >= 0.6 is 0 Å². The van der Waals surface area contributed by atoms with E-state index in [1.165, 1.54) is 26.0 Å². The van der Waals surface area contributed by atoms with Crippen molar-refractivity contribution >= 4 is 28.5 Å². The number of hydrogen-bond donors (Lipinski definition) is 2. The van der Waals surface area contributed by atoms with Gasteiger partial charge in [0.25, 0.3) is 5.91 Å². The number of Topliss-reactive ketones (excluding diaryl/α,β-unsaturated/α-hetero) is 1. The molecule has 11 heteroatoms. The summed E-state index contributed by atoms with van der Waals surface area (Å²) in [6.45, 7) is 2.71. The number of amides is 2. The quantitative estimate of drug-likeness (QED) is 0.392. The Balaban J connectivity index is 2.02. The van der Waals surface area contributed by atoms with Crippen molar-refractivity contribution in [2.24, 2.45) is 11.5 Å². The number of pyridine rings is 1. The molecule has 0 aliphatic heterocycles. The summed E-state index contributed by atoms with van der Waals surface area (Å²) in [5, 5.41) is 3.96. The lowest BCUT2D eigenvalue weighted by atomic mass is 9.92. The average Bonchev–Trinajstić information content (AvgIpc) is 3.14. The normalized spacial score (nSPS) is 11.6. The number of aromatic nitrogens is 3. The first-order valence-electron chi connectivity index (χ1n) is 10.7. The second kappa shape index (κ2) is 8.91. The Morgan fingerprint density at radius 2 is 1.58 bits per heavy atom. The number of carbonyl (C=O) groups excluding carboxylic acids is 3. The summed E-state index contributed by atoms with van der Waals surface area (Å²) < 4.78 is 43.8. The molecule has 0 saturated heterocycles. The zero-order valence-corrected chi connectivity index (χ0v) is 19.2. The second-order valence-electron chi connectivity index (χ2n) is 8.17. The number of para-hydroxylation sites is 1. The van der Waals surface area contributed by atoms with E-state index < -0.39 is 40.5 Å². The summed E-state index contributed by atoms with van der Waals surface area (Å²) in [6, 6.07) is 12.4. The van der Waals surface area contributed by atoms with Crippen LogP contribution in [0.25, 0.3) is 22.0 Å². The highest BCUT2D eigenvalue weighted by Crippen LogP contribution is 2.42. The van der Waals surface area contributed by atoms with Crippen LogP contribution in [0.4, 0.5) is 13.2 Å². The van der Waals surface area contributed by atoms with E-state index in [1.807, 2.05) is 0 Å². The van der Waals surface area contributed by atoms with Crippen molar-refractivity contribution in [1.29, 1.82) is 0 Å². The Morgan fingerprint density at radius 1 is 0.944 bits per heavy atom. The Kier molecular flexibility index (Phi) is 6.09. The lowest BCUT2D eigenvalue weighted by molar-refractivity contribution is -0.141. The fraction of sp³-hybridized carbons (Fsp3) is 0.160. The molecule has 0 aliphatic carbocycles. The highest BCUT2D eigenvalue weighted by atomic mass is 19.4.